The van der Waals surface area contributed by atoms with Crippen LogP contribution in [0.3, 0.4) is 0 Å². The molecule has 2 aromatic rings. The molecule has 1 saturated heterocycles. The second-order valence-corrected chi connectivity index (χ2v) is 6.88. The Morgan fingerprint density at radius 1 is 1.17 bits per heavy atom. The number of carbonyl (C=O) groups excluding carboxylic acids is 2. The molecule has 0 unspecified atom stereocenters. The van der Waals surface area contributed by atoms with Gasteiger partial charge in [0.2, 0.25) is 0 Å². The van der Waals surface area contributed by atoms with E-state index >= 15 is 0 Å². The van der Waals surface area contributed by atoms with E-state index < -0.39 is 17.5 Å². The van der Waals surface area contributed by atoms with E-state index in [-0.39, 0.29) is 6.61 Å². The number of rotatable bonds is 7. The van der Waals surface area contributed by atoms with Crippen LogP contribution in [0.5, 0.6) is 5.75 Å². The van der Waals surface area contributed by atoms with Crippen molar-refractivity contribution >= 4 is 23.8 Å². The van der Waals surface area contributed by atoms with Crippen LogP contribution in [0.4, 0.5) is 10.5 Å². The van der Waals surface area contributed by atoms with Crippen molar-refractivity contribution < 1.29 is 19.4 Å². The zero-order valence-corrected chi connectivity index (χ0v) is 16.6. The van der Waals surface area contributed by atoms with Gasteiger partial charge in [0.15, 0.2) is 0 Å². The Morgan fingerprint density at radius 2 is 1.83 bits per heavy atom. The number of aliphatic hydroxyl groups is 1. The lowest BCUT2D eigenvalue weighted by Gasteiger charge is -2.21. The number of methoxy groups -OCH3 is 1. The molecule has 0 radical (unpaired) electrons. The minimum absolute atomic E-state index is 0.0683. The minimum Gasteiger partial charge on any atom is -0.497 e. The monoisotopic (exact) mass is 396 g/mol. The molecule has 152 valence electrons. The van der Waals surface area contributed by atoms with Gasteiger partial charge in [-0.25, -0.2) is 4.79 Å². The molecule has 0 aromatic heterocycles. The molecule has 0 bridgehead atoms. The smallest absolute Gasteiger partial charge is 0.346 e. The summed E-state index contributed by atoms with van der Waals surface area (Å²) in [4.78, 5) is 27.2. The number of nitrogens with zero attached hydrogens (tertiary/aromatic N) is 3. The maximum absolute atomic E-state index is 12.9. The Balaban J connectivity index is 1.75. The van der Waals surface area contributed by atoms with E-state index in [1.807, 2.05) is 36.2 Å². The van der Waals surface area contributed by atoms with Crippen molar-refractivity contribution in [2.45, 2.75) is 12.5 Å². The van der Waals surface area contributed by atoms with E-state index in [0.717, 1.165) is 16.3 Å². The van der Waals surface area contributed by atoms with E-state index in [1.54, 1.807) is 38.3 Å². The van der Waals surface area contributed by atoms with Crippen molar-refractivity contribution in [3.8, 4) is 5.75 Å². The SMILES string of the molecule is COc1ccc([C@@]2(C)NC(=O)N(/N=C\c3ccc(N(C)CCO)cc3)C2=O)cc1. The van der Waals surface area contributed by atoms with Crippen LogP contribution in [0.1, 0.15) is 18.1 Å². The fourth-order valence-electron chi connectivity index (χ4n) is 3.07. The summed E-state index contributed by atoms with van der Waals surface area (Å²) in [5.41, 5.74) is 1.13. The topological polar surface area (TPSA) is 94.5 Å². The average molecular weight is 396 g/mol. The van der Waals surface area contributed by atoms with Crippen molar-refractivity contribution in [3.05, 3.63) is 59.7 Å². The Bertz CT molecular complexity index is 911. The molecular weight excluding hydrogens is 372 g/mol. The molecule has 3 rings (SSSR count). The summed E-state index contributed by atoms with van der Waals surface area (Å²) in [5.74, 6) is 0.209. The maximum Gasteiger partial charge on any atom is 0.346 e. The van der Waals surface area contributed by atoms with Crippen molar-refractivity contribution in [3.63, 3.8) is 0 Å². The van der Waals surface area contributed by atoms with E-state index in [0.29, 0.717) is 17.9 Å². The van der Waals surface area contributed by atoms with Crippen LogP contribution in [0.15, 0.2) is 53.6 Å². The predicted molar refractivity (Wildman–Crippen MR) is 110 cm³/mol. The molecule has 29 heavy (non-hydrogen) atoms. The van der Waals surface area contributed by atoms with Gasteiger partial charge in [0.25, 0.3) is 5.91 Å². The van der Waals surface area contributed by atoms with Crippen molar-refractivity contribution in [1.82, 2.24) is 10.3 Å². The summed E-state index contributed by atoms with van der Waals surface area (Å²) >= 11 is 0. The molecular formula is C21H24N4O4. The first-order chi connectivity index (χ1) is 13.9. The van der Waals surface area contributed by atoms with Gasteiger partial charge in [0, 0.05) is 19.3 Å². The molecule has 8 nitrogen and oxygen atoms in total. The third kappa shape index (κ3) is 4.07. The maximum atomic E-state index is 12.9. The number of benzene rings is 2. The number of urea groups is 1. The lowest BCUT2D eigenvalue weighted by atomic mass is 9.92. The number of imide groups is 1. The molecule has 2 N–H and O–H groups in total. The molecule has 1 heterocycles. The first-order valence-corrected chi connectivity index (χ1v) is 9.16. The fourth-order valence-corrected chi connectivity index (χ4v) is 3.07. The highest BCUT2D eigenvalue weighted by molar-refractivity contribution is 6.07. The molecule has 8 heteroatoms. The zero-order chi connectivity index (χ0) is 21.0. The number of likely N-dealkylation sites (N-methyl/N-ethyl adjacent to an activating group) is 1. The number of carbonyl (C=O) groups is 2. The molecule has 1 aliphatic heterocycles. The highest BCUT2D eigenvalue weighted by Crippen LogP contribution is 2.30. The van der Waals surface area contributed by atoms with E-state index in [4.69, 9.17) is 9.84 Å². The van der Waals surface area contributed by atoms with Gasteiger partial charge < -0.3 is 20.1 Å². The second-order valence-electron chi connectivity index (χ2n) is 6.88. The largest absolute Gasteiger partial charge is 0.497 e. The van der Waals surface area contributed by atoms with Gasteiger partial charge in [-0.1, -0.05) is 24.3 Å². The molecule has 1 atom stereocenters. The lowest BCUT2D eigenvalue weighted by molar-refractivity contribution is -0.131. The summed E-state index contributed by atoms with van der Waals surface area (Å²) in [6, 6.07) is 13.8. The number of hydrogen-bond acceptors (Lipinski definition) is 6. The number of aliphatic hydroxyl groups excluding tert-OH is 1. The zero-order valence-electron chi connectivity index (χ0n) is 16.6. The van der Waals surface area contributed by atoms with Gasteiger partial charge in [-0.05, 0) is 42.3 Å². The Hall–Kier alpha value is -3.39. The van der Waals surface area contributed by atoms with Gasteiger partial charge in [-0.15, -0.1) is 5.01 Å². The number of hydrogen-bond donors (Lipinski definition) is 2. The third-order valence-corrected chi connectivity index (χ3v) is 4.93. The number of ether oxygens (including phenoxy) is 1. The number of amides is 3. The highest BCUT2D eigenvalue weighted by atomic mass is 16.5. The molecule has 1 fully saturated rings. The van der Waals surface area contributed by atoms with E-state index in [1.165, 1.54) is 6.21 Å². The number of nitrogens with one attached hydrogen (secondary N) is 1. The summed E-state index contributed by atoms with van der Waals surface area (Å²) < 4.78 is 5.14. The lowest BCUT2D eigenvalue weighted by Crippen LogP contribution is -2.40. The second kappa shape index (κ2) is 8.32. The number of anilines is 1. The van der Waals surface area contributed by atoms with Gasteiger partial charge in [0.05, 0.1) is 19.9 Å². The van der Waals surface area contributed by atoms with E-state index in [2.05, 4.69) is 10.4 Å². The molecule has 1 aliphatic rings. The van der Waals surface area contributed by atoms with Crippen LogP contribution in [0, 0.1) is 0 Å². The summed E-state index contributed by atoms with van der Waals surface area (Å²) in [6.07, 6.45) is 1.47. The Kier molecular flexibility index (Phi) is 5.84. The molecule has 0 saturated carbocycles. The van der Waals surface area contributed by atoms with Crippen LogP contribution < -0.4 is 15.0 Å². The van der Waals surface area contributed by atoms with Crippen LogP contribution in [0.25, 0.3) is 0 Å². The highest BCUT2D eigenvalue weighted by Gasteiger charge is 2.49. The van der Waals surface area contributed by atoms with Gasteiger partial charge in [-0.3, -0.25) is 4.79 Å². The summed E-state index contributed by atoms with van der Waals surface area (Å²) in [5, 5.41) is 16.7. The van der Waals surface area contributed by atoms with Crippen molar-refractivity contribution in [1.29, 1.82) is 0 Å². The van der Waals surface area contributed by atoms with Gasteiger partial charge in [0.1, 0.15) is 11.3 Å². The average Bonchev–Trinajstić information content (AvgIpc) is 2.96. The Morgan fingerprint density at radius 3 is 2.41 bits per heavy atom. The third-order valence-electron chi connectivity index (χ3n) is 4.93. The predicted octanol–water partition coefficient (Wildman–Crippen LogP) is 1.92. The fraction of sp³-hybridized carbons (Fsp3) is 0.286. The van der Waals surface area contributed by atoms with Crippen molar-refractivity contribution in [2.75, 3.05) is 32.2 Å². The van der Waals surface area contributed by atoms with Crippen LogP contribution in [-0.2, 0) is 10.3 Å². The van der Waals surface area contributed by atoms with Crippen LogP contribution >= 0.6 is 0 Å². The standard InChI is InChI=1S/C21H24N4O4/c1-21(16-6-10-18(29-3)11-7-16)19(27)25(20(28)23-21)22-14-15-4-8-17(9-5-15)24(2)12-13-26/h4-11,14,26H,12-13H2,1-3H3,(H,23,28)/b22-14-/t21-/m1/s1. The molecule has 0 spiro atoms. The van der Waals surface area contributed by atoms with Crippen LogP contribution in [-0.4, -0.2) is 55.6 Å². The van der Waals surface area contributed by atoms with Gasteiger partial charge >= 0.3 is 6.03 Å². The number of hydrazone groups is 1. The normalized spacial score (nSPS) is 19.0. The molecule has 2 aromatic carbocycles. The quantitative estimate of drug-likeness (QED) is 0.551. The summed E-state index contributed by atoms with van der Waals surface area (Å²) in [7, 11) is 3.44. The van der Waals surface area contributed by atoms with E-state index in [9.17, 15) is 9.59 Å². The van der Waals surface area contributed by atoms with Gasteiger partial charge in [-0.2, -0.15) is 5.10 Å². The Labute approximate surface area is 169 Å². The summed E-state index contributed by atoms with van der Waals surface area (Å²) in [6.45, 7) is 2.25. The first-order valence-electron chi connectivity index (χ1n) is 9.16. The molecule has 3 amide bonds. The van der Waals surface area contributed by atoms with Crippen LogP contribution in [0.2, 0.25) is 0 Å². The molecule has 0 aliphatic carbocycles. The van der Waals surface area contributed by atoms with Crippen molar-refractivity contribution in [2.24, 2.45) is 5.10 Å². The minimum atomic E-state index is -1.20. The first kappa shape index (κ1) is 20.3.